The minimum absolute atomic E-state index is 0.259. The Labute approximate surface area is 152 Å². The second-order valence-electron chi connectivity index (χ2n) is 5.76. The largest absolute Gasteiger partial charge is 0.497 e. The molecule has 2 aromatic carbocycles. The monoisotopic (exact) mass is 349 g/mol. The topological polar surface area (TPSA) is 55.8 Å². The molecule has 0 N–H and O–H groups in total. The van der Waals surface area contributed by atoms with Gasteiger partial charge in [0, 0.05) is 11.4 Å². The SMILES string of the molecule is COC(=O)C1=C(C)N(c2ccccc2)C(=O)/C1=C\c1ccc(OC)cc1. The first-order valence-corrected chi connectivity index (χ1v) is 8.11. The van der Waals surface area contributed by atoms with Gasteiger partial charge in [-0.15, -0.1) is 0 Å². The Morgan fingerprint density at radius 1 is 1.00 bits per heavy atom. The number of anilines is 1. The second kappa shape index (κ2) is 7.27. The molecule has 0 radical (unpaired) electrons. The summed E-state index contributed by atoms with van der Waals surface area (Å²) in [6.45, 7) is 1.74. The molecular formula is C21H19NO4. The van der Waals surface area contributed by atoms with Crippen molar-refractivity contribution < 1.29 is 19.1 Å². The van der Waals surface area contributed by atoms with Crippen molar-refractivity contribution in [2.24, 2.45) is 0 Å². The van der Waals surface area contributed by atoms with Crippen LogP contribution in [-0.2, 0) is 14.3 Å². The molecule has 1 heterocycles. The summed E-state index contributed by atoms with van der Waals surface area (Å²) in [4.78, 5) is 26.9. The van der Waals surface area contributed by atoms with E-state index in [4.69, 9.17) is 9.47 Å². The molecule has 0 saturated heterocycles. The highest BCUT2D eigenvalue weighted by molar-refractivity contribution is 6.23. The van der Waals surface area contributed by atoms with Gasteiger partial charge in [-0.25, -0.2) is 4.79 Å². The van der Waals surface area contributed by atoms with E-state index in [2.05, 4.69) is 0 Å². The summed E-state index contributed by atoms with van der Waals surface area (Å²) in [5, 5.41) is 0. The van der Waals surface area contributed by atoms with Crippen LogP contribution in [0.4, 0.5) is 5.69 Å². The first-order chi connectivity index (χ1) is 12.6. The zero-order chi connectivity index (χ0) is 18.7. The highest BCUT2D eigenvalue weighted by atomic mass is 16.5. The van der Waals surface area contributed by atoms with Crippen molar-refractivity contribution >= 4 is 23.6 Å². The van der Waals surface area contributed by atoms with Crippen LogP contribution in [0.25, 0.3) is 6.08 Å². The fourth-order valence-electron chi connectivity index (χ4n) is 2.93. The van der Waals surface area contributed by atoms with Gasteiger partial charge < -0.3 is 9.47 Å². The minimum atomic E-state index is -0.533. The van der Waals surface area contributed by atoms with Crippen LogP contribution in [0.3, 0.4) is 0 Å². The number of esters is 1. The summed E-state index contributed by atoms with van der Waals surface area (Å²) in [6, 6.07) is 16.5. The number of nitrogens with zero attached hydrogens (tertiary/aromatic N) is 1. The van der Waals surface area contributed by atoms with Crippen molar-refractivity contribution in [3.63, 3.8) is 0 Å². The molecule has 1 aliphatic rings. The van der Waals surface area contributed by atoms with E-state index in [1.54, 1.807) is 32.2 Å². The van der Waals surface area contributed by atoms with Gasteiger partial charge >= 0.3 is 5.97 Å². The van der Waals surface area contributed by atoms with Crippen LogP contribution >= 0.6 is 0 Å². The summed E-state index contributed by atoms with van der Waals surface area (Å²) >= 11 is 0. The van der Waals surface area contributed by atoms with Gasteiger partial charge in [0.1, 0.15) is 5.75 Å². The standard InChI is InChI=1S/C21H19NO4/c1-14-19(21(24)26-3)18(13-15-9-11-17(25-2)12-10-15)20(23)22(14)16-7-5-4-6-8-16/h4-13H,1-3H3/b18-13-. The second-order valence-corrected chi connectivity index (χ2v) is 5.76. The Bertz CT molecular complexity index is 895. The van der Waals surface area contributed by atoms with Crippen LogP contribution in [0.5, 0.6) is 5.75 Å². The van der Waals surface area contributed by atoms with E-state index in [0.717, 1.165) is 11.3 Å². The third kappa shape index (κ3) is 3.11. The number of carbonyl (C=O) groups excluding carboxylic acids is 2. The molecule has 26 heavy (non-hydrogen) atoms. The number of carbonyl (C=O) groups is 2. The first kappa shape index (κ1) is 17.5. The van der Waals surface area contributed by atoms with Crippen molar-refractivity contribution in [3.8, 4) is 5.75 Å². The van der Waals surface area contributed by atoms with Gasteiger partial charge in [0.05, 0.1) is 25.4 Å². The number of rotatable bonds is 4. The molecule has 0 spiro atoms. The third-order valence-electron chi connectivity index (χ3n) is 4.23. The molecule has 5 heteroatoms. The van der Waals surface area contributed by atoms with Crippen LogP contribution < -0.4 is 9.64 Å². The van der Waals surface area contributed by atoms with E-state index in [9.17, 15) is 9.59 Å². The van der Waals surface area contributed by atoms with E-state index >= 15 is 0 Å². The highest BCUT2D eigenvalue weighted by Crippen LogP contribution is 2.35. The van der Waals surface area contributed by atoms with E-state index < -0.39 is 5.97 Å². The van der Waals surface area contributed by atoms with Crippen LogP contribution in [0.2, 0.25) is 0 Å². The summed E-state index contributed by atoms with van der Waals surface area (Å²) in [7, 11) is 2.90. The Kier molecular flexibility index (Phi) is 4.89. The number of amides is 1. The maximum Gasteiger partial charge on any atom is 0.340 e. The Morgan fingerprint density at radius 2 is 1.65 bits per heavy atom. The maximum absolute atomic E-state index is 13.1. The van der Waals surface area contributed by atoms with Gasteiger partial charge in [0.2, 0.25) is 0 Å². The van der Waals surface area contributed by atoms with Crippen LogP contribution in [0.1, 0.15) is 12.5 Å². The third-order valence-corrected chi connectivity index (χ3v) is 4.23. The lowest BCUT2D eigenvalue weighted by atomic mass is 10.0. The van der Waals surface area contributed by atoms with Crippen molar-refractivity contribution in [3.05, 3.63) is 77.0 Å². The molecule has 1 aliphatic heterocycles. The van der Waals surface area contributed by atoms with E-state index in [0.29, 0.717) is 17.0 Å². The lowest BCUT2D eigenvalue weighted by molar-refractivity contribution is -0.136. The van der Waals surface area contributed by atoms with Crippen molar-refractivity contribution in [2.45, 2.75) is 6.92 Å². The van der Waals surface area contributed by atoms with E-state index in [1.165, 1.54) is 12.0 Å². The predicted molar refractivity (Wildman–Crippen MR) is 99.6 cm³/mol. The molecule has 0 unspecified atom stereocenters. The lowest BCUT2D eigenvalue weighted by Crippen LogP contribution is -2.24. The highest BCUT2D eigenvalue weighted by Gasteiger charge is 2.37. The molecular weight excluding hydrogens is 330 g/mol. The molecule has 0 aliphatic carbocycles. The van der Waals surface area contributed by atoms with Gasteiger partial charge in [0.25, 0.3) is 5.91 Å². The molecule has 132 valence electrons. The number of hydrogen-bond donors (Lipinski definition) is 0. The van der Waals surface area contributed by atoms with Gasteiger partial charge in [-0.2, -0.15) is 0 Å². The number of allylic oxidation sites excluding steroid dienone is 1. The minimum Gasteiger partial charge on any atom is -0.497 e. The quantitative estimate of drug-likeness (QED) is 0.625. The molecule has 0 bridgehead atoms. The fraction of sp³-hybridized carbons (Fsp3) is 0.143. The van der Waals surface area contributed by atoms with Crippen molar-refractivity contribution in [1.29, 1.82) is 0 Å². The average Bonchev–Trinajstić information content (AvgIpc) is 2.92. The number of benzene rings is 2. The molecule has 3 rings (SSSR count). The average molecular weight is 349 g/mol. The number of ether oxygens (including phenoxy) is 2. The molecule has 0 saturated carbocycles. The number of hydrogen-bond acceptors (Lipinski definition) is 4. The Morgan fingerprint density at radius 3 is 2.23 bits per heavy atom. The maximum atomic E-state index is 13.1. The van der Waals surface area contributed by atoms with Crippen molar-refractivity contribution in [2.75, 3.05) is 19.1 Å². The number of methoxy groups -OCH3 is 2. The van der Waals surface area contributed by atoms with Gasteiger partial charge in [0.15, 0.2) is 0 Å². The van der Waals surface area contributed by atoms with Crippen molar-refractivity contribution in [1.82, 2.24) is 0 Å². The van der Waals surface area contributed by atoms with Crippen LogP contribution in [-0.4, -0.2) is 26.1 Å². The Balaban J connectivity index is 2.09. The summed E-state index contributed by atoms with van der Waals surface area (Å²) in [5.41, 5.74) is 2.63. The lowest BCUT2D eigenvalue weighted by Gasteiger charge is -2.17. The summed E-state index contributed by atoms with van der Waals surface area (Å²) in [5.74, 6) is -0.0744. The molecule has 0 aromatic heterocycles. The zero-order valence-corrected chi connectivity index (χ0v) is 14.9. The first-order valence-electron chi connectivity index (χ1n) is 8.11. The van der Waals surface area contributed by atoms with Gasteiger partial charge in [-0.3, -0.25) is 9.69 Å². The zero-order valence-electron chi connectivity index (χ0n) is 14.9. The van der Waals surface area contributed by atoms with E-state index in [-0.39, 0.29) is 11.5 Å². The summed E-state index contributed by atoms with van der Waals surface area (Å²) in [6.07, 6.45) is 1.69. The molecule has 2 aromatic rings. The van der Waals surface area contributed by atoms with Crippen LogP contribution in [0, 0.1) is 0 Å². The molecule has 5 nitrogen and oxygen atoms in total. The molecule has 0 atom stereocenters. The van der Waals surface area contributed by atoms with E-state index in [1.807, 2.05) is 42.5 Å². The smallest absolute Gasteiger partial charge is 0.340 e. The van der Waals surface area contributed by atoms with Crippen LogP contribution in [0.15, 0.2) is 71.4 Å². The predicted octanol–water partition coefficient (Wildman–Crippen LogP) is 3.57. The summed E-state index contributed by atoms with van der Waals surface area (Å²) < 4.78 is 10.1. The fourth-order valence-corrected chi connectivity index (χ4v) is 2.93. The normalized spacial score (nSPS) is 15.6. The molecule has 1 amide bonds. The van der Waals surface area contributed by atoms with Gasteiger partial charge in [-0.05, 0) is 42.8 Å². The Hall–Kier alpha value is -3.34. The molecule has 0 fully saturated rings. The van der Waals surface area contributed by atoms with Gasteiger partial charge in [-0.1, -0.05) is 30.3 Å². The number of para-hydroxylation sites is 1.